The summed E-state index contributed by atoms with van der Waals surface area (Å²) in [5.41, 5.74) is 14.4. The van der Waals surface area contributed by atoms with Crippen molar-refractivity contribution in [2.45, 2.75) is 135 Å². The van der Waals surface area contributed by atoms with E-state index in [0.717, 1.165) is 70.8 Å². The van der Waals surface area contributed by atoms with E-state index in [1.165, 1.54) is 22.3 Å². The number of carbonyl (C=O) groups is 2. The van der Waals surface area contributed by atoms with Gasteiger partial charge in [-0.25, -0.2) is 5.48 Å². The van der Waals surface area contributed by atoms with E-state index >= 15 is 0 Å². The maximum Gasteiger partial charge on any atom is 0.274 e. The molecule has 0 saturated heterocycles. The fraction of sp³-hybridized carbons (Fsp3) is 0.382. The van der Waals surface area contributed by atoms with Gasteiger partial charge >= 0.3 is 0 Å². The second kappa shape index (κ2) is 24.6. The van der Waals surface area contributed by atoms with E-state index in [0.29, 0.717) is 42.0 Å². The summed E-state index contributed by atoms with van der Waals surface area (Å²) in [4.78, 5) is 27.7. The van der Waals surface area contributed by atoms with Crippen molar-refractivity contribution >= 4 is 23.2 Å². The Bertz CT molecular complexity index is 3240. The van der Waals surface area contributed by atoms with Gasteiger partial charge in [0.15, 0.2) is 0 Å². The Morgan fingerprint density at radius 1 is 0.532 bits per heavy atom. The second-order valence-corrected chi connectivity index (χ2v) is 23.9. The Morgan fingerprint density at radius 3 is 1.23 bits per heavy atom. The lowest BCUT2D eigenvalue weighted by atomic mass is 9.62. The minimum Gasteiger partial charge on any atom is -0.489 e. The zero-order valence-corrected chi connectivity index (χ0v) is 48.5. The molecule has 6 aromatic rings. The second-order valence-electron chi connectivity index (χ2n) is 23.9. The molecule has 2 aliphatic carbocycles. The molecule has 0 fully saturated rings. The summed E-state index contributed by atoms with van der Waals surface area (Å²) in [5.74, 6) is 12.9. The first-order valence-electron chi connectivity index (χ1n) is 27.3. The van der Waals surface area contributed by atoms with E-state index in [4.69, 9.17) is 14.7 Å². The molecular formula is C68H80N4O7. The molecule has 79 heavy (non-hydrogen) atoms. The molecule has 0 radical (unpaired) electrons. The van der Waals surface area contributed by atoms with E-state index in [2.05, 4.69) is 155 Å². The molecule has 11 nitrogen and oxygen atoms in total. The number of nitrogens with one attached hydrogen (secondary N) is 2. The number of hydroxylamine groups is 1. The maximum atomic E-state index is 12.0. The van der Waals surface area contributed by atoms with E-state index in [9.17, 15) is 19.8 Å². The summed E-state index contributed by atoms with van der Waals surface area (Å²) >= 11 is 0. The van der Waals surface area contributed by atoms with Gasteiger partial charge in [0.25, 0.3) is 11.8 Å². The van der Waals surface area contributed by atoms with Crippen LogP contribution >= 0.6 is 0 Å². The molecule has 11 heteroatoms. The van der Waals surface area contributed by atoms with Crippen LogP contribution < -0.4 is 30.1 Å². The number of anilines is 2. The van der Waals surface area contributed by atoms with Gasteiger partial charge in [-0.15, -0.1) is 0 Å². The number of ether oxygens (including phenoxy) is 2. The molecule has 2 unspecified atom stereocenters. The normalized spacial score (nSPS) is 15.7. The highest BCUT2D eigenvalue weighted by Gasteiger charge is 2.41. The highest BCUT2D eigenvalue weighted by atomic mass is 16.5. The van der Waals surface area contributed by atoms with Gasteiger partial charge in [0.05, 0.1) is 0 Å². The number of benzene rings is 6. The van der Waals surface area contributed by atoms with Gasteiger partial charge in [0, 0.05) is 79.5 Å². The molecule has 2 aliphatic rings. The highest BCUT2D eigenvalue weighted by Crippen LogP contribution is 2.52. The molecule has 2 atom stereocenters. The molecule has 0 bridgehead atoms. The van der Waals surface area contributed by atoms with Crippen LogP contribution in [0.15, 0.2) is 121 Å². The van der Waals surface area contributed by atoms with Crippen LogP contribution in [-0.4, -0.2) is 62.0 Å². The summed E-state index contributed by atoms with van der Waals surface area (Å²) in [6.07, 6.45) is 2.22. The van der Waals surface area contributed by atoms with Gasteiger partial charge in [-0.1, -0.05) is 115 Å². The quantitative estimate of drug-likeness (QED) is 0.0434. The Hall–Kier alpha value is -7.54. The van der Waals surface area contributed by atoms with Gasteiger partial charge in [0.1, 0.15) is 36.9 Å². The van der Waals surface area contributed by atoms with Crippen molar-refractivity contribution in [3.63, 3.8) is 0 Å². The first-order chi connectivity index (χ1) is 37.3. The summed E-state index contributed by atoms with van der Waals surface area (Å²) < 4.78 is 13.0. The Balaban J connectivity index is 0.000000229. The third-order valence-electron chi connectivity index (χ3n) is 15.6. The van der Waals surface area contributed by atoms with Crippen molar-refractivity contribution < 1.29 is 34.5 Å². The largest absolute Gasteiger partial charge is 0.489 e. The van der Waals surface area contributed by atoms with Crippen molar-refractivity contribution in [1.82, 2.24) is 10.8 Å². The van der Waals surface area contributed by atoms with Crippen LogP contribution in [0.2, 0.25) is 0 Å². The fourth-order valence-electron chi connectivity index (χ4n) is 10.4. The standard InChI is InChI=1S/C35H42N2O3.C33H38N2O4/c1-8-36-33(39)26-14-9-24(10-15-26)13-18-30(38)27-21-29-32(35(4,5)20-19-34(29,2)3)31(22-27)40-23-25-11-16-28(17-12-25)37(6)7;1-32(2)17-18-33(3,4)30-27(32)19-25(20-29(30)39-21-23-9-14-26(15-10-23)35(5)6)28(36)16-11-22-7-12-24(13-8-22)31(37)34-38/h9-12,14-17,21-22,30,38H,8,19-20,23H2,1-7H3,(H,36,39);7-10,12-15,19-20,28,36,38H,17-18,21H2,1-6H3,(H,34,37). The number of fused-ring (bicyclic) bond motifs is 2. The van der Waals surface area contributed by atoms with Gasteiger partial charge in [0.2, 0.25) is 0 Å². The van der Waals surface area contributed by atoms with Crippen LogP contribution in [0, 0.1) is 23.7 Å². The molecule has 8 rings (SSSR count). The van der Waals surface area contributed by atoms with Crippen LogP contribution in [0.1, 0.15) is 177 Å². The molecule has 0 aliphatic heterocycles. The molecule has 5 N–H and O–H groups in total. The third-order valence-corrected chi connectivity index (χ3v) is 15.6. The minimum atomic E-state index is -1.02. The lowest BCUT2D eigenvalue weighted by Gasteiger charge is -2.43. The molecule has 0 aromatic heterocycles. The van der Waals surface area contributed by atoms with Crippen LogP contribution in [0.3, 0.4) is 0 Å². The number of amides is 2. The number of hydrogen-bond acceptors (Lipinski definition) is 9. The SMILES string of the molecule is CCNC(=O)c1ccc(C#CC(O)c2cc(OCc3ccc(N(C)C)cc3)c3c(c2)C(C)(C)CCC3(C)C)cc1.CN(C)c1ccc(COc2cc(C(O)C#Cc3ccc(C(=O)NO)cc3)cc3c2C(C)(C)CCC3(C)C)cc1. The van der Waals surface area contributed by atoms with Crippen molar-refractivity contribution in [2.75, 3.05) is 44.5 Å². The average Bonchev–Trinajstić information content (AvgIpc) is 3.49. The van der Waals surface area contributed by atoms with Gasteiger partial charge in [-0.05, 0) is 173 Å². The Morgan fingerprint density at radius 2 is 0.886 bits per heavy atom. The van der Waals surface area contributed by atoms with E-state index in [1.54, 1.807) is 54.0 Å². The van der Waals surface area contributed by atoms with Gasteiger partial charge in [-0.2, -0.15) is 0 Å². The minimum absolute atomic E-state index is 0.0457. The maximum absolute atomic E-state index is 12.0. The summed E-state index contributed by atoms with van der Waals surface area (Å²) in [5, 5.41) is 33.9. The van der Waals surface area contributed by atoms with Crippen molar-refractivity contribution in [1.29, 1.82) is 0 Å². The van der Waals surface area contributed by atoms with Crippen LogP contribution in [0.25, 0.3) is 0 Å². The summed E-state index contributed by atoms with van der Waals surface area (Å²) in [6, 6.07) is 38.4. The molecule has 414 valence electrons. The number of carbonyl (C=O) groups excluding carboxylic acids is 2. The molecule has 0 heterocycles. The average molecular weight is 1070 g/mol. The third kappa shape index (κ3) is 14.4. The molecule has 0 spiro atoms. The number of hydrogen-bond donors (Lipinski definition) is 5. The summed E-state index contributed by atoms with van der Waals surface area (Å²) in [6.45, 7) is 21.4. The van der Waals surface area contributed by atoms with Crippen LogP contribution in [0.5, 0.6) is 11.5 Å². The molecule has 0 saturated carbocycles. The van der Waals surface area contributed by atoms with E-state index in [1.807, 2.05) is 47.2 Å². The Labute approximate surface area is 469 Å². The van der Waals surface area contributed by atoms with Crippen LogP contribution in [-0.2, 0) is 34.9 Å². The topological polar surface area (TPSA) is 144 Å². The molecule has 2 amide bonds. The van der Waals surface area contributed by atoms with Crippen molar-refractivity contribution in [3.8, 4) is 35.2 Å². The Kier molecular flexibility index (Phi) is 18.4. The predicted octanol–water partition coefficient (Wildman–Crippen LogP) is 12.4. The lowest BCUT2D eigenvalue weighted by molar-refractivity contribution is 0.0706. The van der Waals surface area contributed by atoms with Gasteiger partial charge in [-0.3, -0.25) is 14.8 Å². The lowest BCUT2D eigenvalue weighted by Crippen LogP contribution is -2.34. The van der Waals surface area contributed by atoms with Gasteiger partial charge < -0.3 is 34.8 Å². The predicted molar refractivity (Wildman–Crippen MR) is 317 cm³/mol. The van der Waals surface area contributed by atoms with Crippen molar-refractivity contribution in [2.24, 2.45) is 0 Å². The zero-order chi connectivity index (χ0) is 57.5. The number of rotatable bonds is 13. The van der Waals surface area contributed by atoms with E-state index in [-0.39, 0.29) is 27.6 Å². The number of aliphatic hydroxyl groups excluding tert-OH is 2. The number of nitrogens with zero attached hydrogens (tertiary/aromatic N) is 2. The first-order valence-corrected chi connectivity index (χ1v) is 27.3. The fourth-order valence-corrected chi connectivity index (χ4v) is 10.4. The highest BCUT2D eigenvalue weighted by molar-refractivity contribution is 5.94. The van der Waals surface area contributed by atoms with E-state index < -0.39 is 18.1 Å². The number of aliphatic hydroxyl groups is 2. The monoisotopic (exact) mass is 1060 g/mol. The summed E-state index contributed by atoms with van der Waals surface area (Å²) in [7, 11) is 8.10. The molecule has 6 aromatic carbocycles. The first kappa shape index (κ1) is 59.1. The van der Waals surface area contributed by atoms with Crippen LogP contribution in [0.4, 0.5) is 11.4 Å². The molecular weight excluding hydrogens is 985 g/mol. The zero-order valence-electron chi connectivity index (χ0n) is 48.5. The van der Waals surface area contributed by atoms with Crippen molar-refractivity contribution in [3.05, 3.63) is 188 Å². The smallest absolute Gasteiger partial charge is 0.274 e.